The molecule has 4 aromatic rings. The summed E-state index contributed by atoms with van der Waals surface area (Å²) in [5, 5.41) is 2.88. The van der Waals surface area contributed by atoms with Crippen LogP contribution < -0.4 is 5.32 Å². The van der Waals surface area contributed by atoms with E-state index in [1.807, 2.05) is 18.2 Å². The molecule has 2 aromatic heterocycles. The van der Waals surface area contributed by atoms with Gasteiger partial charge < -0.3 is 9.73 Å². The lowest BCUT2D eigenvalue weighted by Crippen LogP contribution is -2.27. The van der Waals surface area contributed by atoms with Gasteiger partial charge in [0.05, 0.1) is 6.54 Å². The van der Waals surface area contributed by atoms with Crippen molar-refractivity contribution in [1.82, 2.24) is 20.2 Å². The molecule has 4 rings (SSSR count). The van der Waals surface area contributed by atoms with E-state index in [1.165, 1.54) is 23.0 Å². The maximum Gasteiger partial charge on any atom is 0.273 e. The molecule has 1 N–H and O–H groups in total. The number of hydrogen-bond acceptors (Lipinski definition) is 5. The number of benzene rings is 2. The third kappa shape index (κ3) is 6.64. The lowest BCUT2D eigenvalue weighted by Gasteiger charge is -2.28. The molecular formula is C29H32N4O2. The van der Waals surface area contributed by atoms with Crippen LogP contribution >= 0.6 is 0 Å². The van der Waals surface area contributed by atoms with Gasteiger partial charge in [0.15, 0.2) is 5.69 Å². The highest BCUT2D eigenvalue weighted by molar-refractivity contribution is 5.91. The van der Waals surface area contributed by atoms with Gasteiger partial charge in [-0.05, 0) is 47.2 Å². The Hall–Kier alpha value is -3.77. The summed E-state index contributed by atoms with van der Waals surface area (Å²) in [5.41, 5.74) is 5.02. The van der Waals surface area contributed by atoms with Crippen molar-refractivity contribution in [2.75, 3.05) is 0 Å². The molecule has 1 unspecified atom stereocenters. The average Bonchev–Trinajstić information content (AvgIpc) is 3.36. The summed E-state index contributed by atoms with van der Waals surface area (Å²) < 4.78 is 5.72. The van der Waals surface area contributed by atoms with Crippen molar-refractivity contribution in [3.05, 3.63) is 119 Å². The molecule has 0 aliphatic heterocycles. The van der Waals surface area contributed by atoms with E-state index in [9.17, 15) is 4.79 Å². The van der Waals surface area contributed by atoms with Gasteiger partial charge in [-0.1, -0.05) is 68.4 Å². The van der Waals surface area contributed by atoms with Crippen LogP contribution in [0.5, 0.6) is 0 Å². The van der Waals surface area contributed by atoms with Crippen LogP contribution in [-0.4, -0.2) is 20.8 Å². The number of amides is 1. The number of nitrogens with one attached hydrogen (secondary N) is 1. The Balaban J connectivity index is 1.47. The van der Waals surface area contributed by atoms with Crippen molar-refractivity contribution in [3.63, 3.8) is 0 Å². The Bertz CT molecular complexity index is 1200. The van der Waals surface area contributed by atoms with Gasteiger partial charge in [0.25, 0.3) is 5.91 Å². The highest BCUT2D eigenvalue weighted by Crippen LogP contribution is 2.25. The molecule has 1 atom stereocenters. The second-order valence-electron chi connectivity index (χ2n) is 9.05. The largest absolute Gasteiger partial charge is 0.447 e. The second kappa shape index (κ2) is 11.6. The van der Waals surface area contributed by atoms with Crippen LogP contribution in [-0.2, 0) is 19.6 Å². The third-order valence-electron chi connectivity index (χ3n) is 6.19. The quantitative estimate of drug-likeness (QED) is 0.314. The minimum atomic E-state index is -0.260. The van der Waals surface area contributed by atoms with Gasteiger partial charge in [-0.15, -0.1) is 0 Å². The van der Waals surface area contributed by atoms with Crippen LogP contribution in [0.2, 0.25) is 0 Å². The summed E-state index contributed by atoms with van der Waals surface area (Å²) in [6.45, 7) is 8.22. The number of aromatic nitrogens is 2. The normalized spacial score (nSPS) is 12.1. The Morgan fingerprint density at radius 1 is 0.886 bits per heavy atom. The molecule has 2 heterocycles. The number of carbonyl (C=O) groups excluding carboxylic acids is 1. The van der Waals surface area contributed by atoms with Crippen molar-refractivity contribution >= 4 is 5.91 Å². The maximum atomic E-state index is 12.6. The van der Waals surface area contributed by atoms with E-state index >= 15 is 0 Å². The van der Waals surface area contributed by atoms with Crippen molar-refractivity contribution in [2.45, 2.75) is 52.4 Å². The predicted octanol–water partition coefficient (Wildman–Crippen LogP) is 5.89. The van der Waals surface area contributed by atoms with Crippen LogP contribution in [0.1, 0.15) is 71.4 Å². The lowest BCUT2D eigenvalue weighted by molar-refractivity contribution is 0.0945. The minimum absolute atomic E-state index is 0.136. The van der Waals surface area contributed by atoms with Crippen molar-refractivity contribution in [2.24, 2.45) is 0 Å². The molecule has 35 heavy (non-hydrogen) atoms. The number of rotatable bonds is 10. The Morgan fingerprint density at radius 3 is 2.29 bits per heavy atom. The van der Waals surface area contributed by atoms with Gasteiger partial charge in [-0.3, -0.25) is 14.7 Å². The summed E-state index contributed by atoms with van der Waals surface area (Å²) in [6, 6.07) is 23.0. The summed E-state index contributed by atoms with van der Waals surface area (Å²) >= 11 is 0. The van der Waals surface area contributed by atoms with Gasteiger partial charge in [0, 0.05) is 31.5 Å². The maximum absolute atomic E-state index is 12.6. The number of nitrogens with zero attached hydrogens (tertiary/aromatic N) is 3. The predicted molar refractivity (Wildman–Crippen MR) is 137 cm³/mol. The van der Waals surface area contributed by atoms with E-state index in [0.29, 0.717) is 24.9 Å². The number of oxazole rings is 1. The van der Waals surface area contributed by atoms with E-state index in [-0.39, 0.29) is 17.6 Å². The van der Waals surface area contributed by atoms with E-state index in [1.54, 1.807) is 12.4 Å². The van der Waals surface area contributed by atoms with Gasteiger partial charge in [-0.2, -0.15) is 0 Å². The molecule has 0 aliphatic carbocycles. The van der Waals surface area contributed by atoms with E-state index in [2.05, 4.69) is 89.5 Å². The van der Waals surface area contributed by atoms with Crippen molar-refractivity contribution in [3.8, 4) is 0 Å². The van der Waals surface area contributed by atoms with Crippen LogP contribution in [0, 0.1) is 0 Å². The zero-order valence-corrected chi connectivity index (χ0v) is 20.5. The minimum Gasteiger partial charge on any atom is -0.447 e. The molecule has 6 nitrogen and oxygen atoms in total. The first kappa shape index (κ1) is 24.4. The monoisotopic (exact) mass is 468 g/mol. The molecular weight excluding hydrogens is 436 g/mol. The van der Waals surface area contributed by atoms with E-state index in [0.717, 1.165) is 12.1 Å². The fraction of sp³-hybridized carbons (Fsp3) is 0.276. The topological polar surface area (TPSA) is 71.3 Å². The van der Waals surface area contributed by atoms with Crippen molar-refractivity contribution in [1.29, 1.82) is 0 Å². The molecule has 2 aromatic carbocycles. The number of hydrogen-bond donors (Lipinski definition) is 1. The van der Waals surface area contributed by atoms with Gasteiger partial charge in [0.1, 0.15) is 6.26 Å². The SMILES string of the molecule is CC(C)c1ccc(CN(Cc2nc(C(=O)NCc3ccncc3)co2)C(C)c2ccccc2)cc1. The fourth-order valence-corrected chi connectivity index (χ4v) is 3.95. The Labute approximate surface area is 207 Å². The molecule has 0 aliphatic rings. The molecule has 0 radical (unpaired) electrons. The lowest BCUT2D eigenvalue weighted by atomic mass is 10.0. The Morgan fingerprint density at radius 2 is 1.60 bits per heavy atom. The summed E-state index contributed by atoms with van der Waals surface area (Å²) in [6.07, 6.45) is 4.84. The summed E-state index contributed by atoms with van der Waals surface area (Å²) in [5.74, 6) is 0.753. The summed E-state index contributed by atoms with van der Waals surface area (Å²) in [7, 11) is 0. The van der Waals surface area contributed by atoms with Crippen molar-refractivity contribution < 1.29 is 9.21 Å². The average molecular weight is 469 g/mol. The molecule has 180 valence electrons. The second-order valence-corrected chi connectivity index (χ2v) is 9.05. The zero-order valence-electron chi connectivity index (χ0n) is 20.5. The first-order valence-electron chi connectivity index (χ1n) is 12.0. The first-order chi connectivity index (χ1) is 17.0. The van der Waals surface area contributed by atoms with Gasteiger partial charge >= 0.3 is 0 Å². The van der Waals surface area contributed by atoms with Crippen LogP contribution in [0.15, 0.2) is 89.8 Å². The van der Waals surface area contributed by atoms with Crippen LogP contribution in [0.4, 0.5) is 0 Å². The molecule has 1 amide bonds. The fourth-order valence-electron chi connectivity index (χ4n) is 3.95. The molecule has 0 bridgehead atoms. The molecule has 6 heteroatoms. The highest BCUT2D eigenvalue weighted by atomic mass is 16.3. The standard InChI is InChI=1S/C29H32N4O2/c1-21(2)25-11-9-24(10-12-25)18-33(22(3)26-7-5-4-6-8-26)19-28-32-27(20-35-28)29(34)31-17-23-13-15-30-16-14-23/h4-16,20-22H,17-19H2,1-3H3,(H,31,34). The van der Waals surface area contributed by atoms with Crippen LogP contribution in [0.25, 0.3) is 0 Å². The summed E-state index contributed by atoms with van der Waals surface area (Å²) in [4.78, 5) is 23.4. The van der Waals surface area contributed by atoms with Gasteiger partial charge in [0.2, 0.25) is 5.89 Å². The van der Waals surface area contributed by atoms with Gasteiger partial charge in [-0.25, -0.2) is 4.98 Å². The highest BCUT2D eigenvalue weighted by Gasteiger charge is 2.20. The molecule has 0 saturated carbocycles. The Kier molecular flexibility index (Phi) is 8.06. The van der Waals surface area contributed by atoms with E-state index < -0.39 is 0 Å². The first-order valence-corrected chi connectivity index (χ1v) is 12.0. The number of carbonyl (C=O) groups is 1. The third-order valence-corrected chi connectivity index (χ3v) is 6.19. The molecule has 0 fully saturated rings. The van der Waals surface area contributed by atoms with Crippen LogP contribution in [0.3, 0.4) is 0 Å². The molecule has 0 saturated heterocycles. The zero-order chi connectivity index (χ0) is 24.6. The molecule has 0 spiro atoms. The number of pyridine rings is 1. The smallest absolute Gasteiger partial charge is 0.273 e. The van der Waals surface area contributed by atoms with E-state index in [4.69, 9.17) is 4.42 Å².